The molecule has 3 rings (SSSR count). The third-order valence-corrected chi connectivity index (χ3v) is 6.53. The van der Waals surface area contributed by atoms with Gasteiger partial charge in [-0.2, -0.15) is 11.8 Å². The van der Waals surface area contributed by atoms with Crippen molar-refractivity contribution < 1.29 is 0 Å². The minimum atomic E-state index is 0.714. The average Bonchev–Trinajstić information content (AvgIpc) is 3.06. The number of hydrogen-bond acceptors (Lipinski definition) is 6. The lowest BCUT2D eigenvalue weighted by Gasteiger charge is -2.32. The predicted octanol–water partition coefficient (Wildman–Crippen LogP) is 2.33. The van der Waals surface area contributed by atoms with Crippen LogP contribution in [0.5, 0.6) is 0 Å². The van der Waals surface area contributed by atoms with Crippen LogP contribution in [0.3, 0.4) is 0 Å². The fourth-order valence-corrected chi connectivity index (χ4v) is 4.85. The molecule has 0 aromatic carbocycles. The van der Waals surface area contributed by atoms with Crippen molar-refractivity contribution in [1.29, 1.82) is 0 Å². The second-order valence-corrected chi connectivity index (χ2v) is 8.72. The van der Waals surface area contributed by atoms with E-state index < -0.39 is 0 Å². The third-order valence-electron chi connectivity index (χ3n) is 5.29. The summed E-state index contributed by atoms with van der Waals surface area (Å²) in [5, 5.41) is 0.860. The summed E-state index contributed by atoms with van der Waals surface area (Å²) in [7, 11) is 4.42. The van der Waals surface area contributed by atoms with E-state index >= 15 is 0 Å². The molecule has 2 aliphatic rings. The van der Waals surface area contributed by atoms with Crippen LogP contribution in [0, 0.1) is 0 Å². The summed E-state index contributed by atoms with van der Waals surface area (Å²) < 4.78 is 0. The van der Waals surface area contributed by atoms with Crippen molar-refractivity contribution in [2.24, 2.45) is 0 Å². The zero-order valence-electron chi connectivity index (χ0n) is 15.3. The second-order valence-electron chi connectivity index (χ2n) is 7.14. The first-order chi connectivity index (χ1) is 11.7. The first-order valence-corrected chi connectivity index (χ1v) is 10.3. The lowest BCUT2D eigenvalue weighted by atomic mass is 10.2. The van der Waals surface area contributed by atoms with E-state index in [-0.39, 0.29) is 0 Å². The number of aromatic nitrogens is 2. The topological polar surface area (TPSA) is 35.5 Å². The number of likely N-dealkylation sites (N-methyl/N-ethyl adjacent to an activating group) is 1. The number of rotatable bonds is 6. The molecular weight excluding hydrogens is 318 g/mol. The zero-order chi connectivity index (χ0) is 16.9. The number of nitrogens with zero attached hydrogens (tertiary/aromatic N) is 5. The molecule has 2 fully saturated rings. The number of piperazine rings is 1. The van der Waals surface area contributed by atoms with Gasteiger partial charge < -0.3 is 9.80 Å². The molecule has 0 spiro atoms. The number of thioether (sulfide) groups is 1. The van der Waals surface area contributed by atoms with Gasteiger partial charge in [0.2, 0.25) is 5.95 Å². The molecule has 2 atom stereocenters. The highest BCUT2D eigenvalue weighted by molar-refractivity contribution is 7.99. The maximum Gasteiger partial charge on any atom is 0.225 e. The fraction of sp³-hybridized carbons (Fsp3) is 0.778. The second kappa shape index (κ2) is 8.50. The van der Waals surface area contributed by atoms with Crippen molar-refractivity contribution in [2.75, 3.05) is 50.9 Å². The van der Waals surface area contributed by atoms with E-state index in [9.17, 15) is 0 Å². The smallest absolute Gasteiger partial charge is 0.225 e. The zero-order valence-corrected chi connectivity index (χ0v) is 16.1. The van der Waals surface area contributed by atoms with Gasteiger partial charge in [-0.25, -0.2) is 9.97 Å². The summed E-state index contributed by atoms with van der Waals surface area (Å²) in [5.74, 6) is 2.12. The molecule has 1 aromatic rings. The van der Waals surface area contributed by atoms with E-state index in [1.807, 2.05) is 12.4 Å². The molecule has 6 heteroatoms. The Kier molecular flexibility index (Phi) is 6.36. The van der Waals surface area contributed by atoms with Gasteiger partial charge in [-0.15, -0.1) is 0 Å². The average molecular weight is 350 g/mol. The van der Waals surface area contributed by atoms with E-state index in [0.29, 0.717) is 6.04 Å². The van der Waals surface area contributed by atoms with Gasteiger partial charge in [-0.05, 0) is 39.1 Å². The van der Waals surface area contributed by atoms with Gasteiger partial charge in [0, 0.05) is 62.0 Å². The Balaban J connectivity index is 1.51. The van der Waals surface area contributed by atoms with Gasteiger partial charge in [-0.1, -0.05) is 6.92 Å². The molecule has 1 saturated heterocycles. The predicted molar refractivity (Wildman–Crippen MR) is 103 cm³/mol. The Bertz CT molecular complexity index is 501. The van der Waals surface area contributed by atoms with Crippen molar-refractivity contribution in [1.82, 2.24) is 19.8 Å². The van der Waals surface area contributed by atoms with Crippen LogP contribution < -0.4 is 4.90 Å². The van der Waals surface area contributed by atoms with Crippen LogP contribution in [0.25, 0.3) is 0 Å². The first-order valence-electron chi connectivity index (χ1n) is 9.22. The van der Waals surface area contributed by atoms with E-state index in [1.54, 1.807) is 0 Å². The SMILES string of the molecule is CCS[C@H]1CC[C@@H](N(C)Cc2cnc(N3CCN(C)CC3)nc2)C1. The lowest BCUT2D eigenvalue weighted by Crippen LogP contribution is -2.45. The minimum Gasteiger partial charge on any atom is -0.338 e. The largest absolute Gasteiger partial charge is 0.338 e. The maximum atomic E-state index is 4.62. The van der Waals surface area contributed by atoms with E-state index in [2.05, 4.69) is 57.4 Å². The Morgan fingerprint density at radius 3 is 2.54 bits per heavy atom. The summed E-state index contributed by atoms with van der Waals surface area (Å²) in [5.41, 5.74) is 1.22. The summed E-state index contributed by atoms with van der Waals surface area (Å²) in [6.45, 7) is 7.44. The summed E-state index contributed by atoms with van der Waals surface area (Å²) in [4.78, 5) is 16.4. The van der Waals surface area contributed by atoms with Crippen LogP contribution in [-0.4, -0.2) is 77.1 Å². The van der Waals surface area contributed by atoms with Crippen LogP contribution in [0.2, 0.25) is 0 Å². The quantitative estimate of drug-likeness (QED) is 0.784. The van der Waals surface area contributed by atoms with Gasteiger partial charge in [0.05, 0.1) is 0 Å². The van der Waals surface area contributed by atoms with Crippen molar-refractivity contribution in [3.05, 3.63) is 18.0 Å². The summed E-state index contributed by atoms with van der Waals surface area (Å²) in [6, 6.07) is 0.714. The first kappa shape index (κ1) is 18.0. The van der Waals surface area contributed by atoms with Crippen LogP contribution in [-0.2, 0) is 6.54 Å². The van der Waals surface area contributed by atoms with Crippen LogP contribution in [0.4, 0.5) is 5.95 Å². The van der Waals surface area contributed by atoms with Crippen LogP contribution in [0.15, 0.2) is 12.4 Å². The molecular formula is C18H31N5S. The molecule has 1 aliphatic heterocycles. The lowest BCUT2D eigenvalue weighted by molar-refractivity contribution is 0.237. The minimum absolute atomic E-state index is 0.714. The van der Waals surface area contributed by atoms with Gasteiger partial charge in [0.15, 0.2) is 0 Å². The molecule has 0 radical (unpaired) electrons. The van der Waals surface area contributed by atoms with Gasteiger partial charge >= 0.3 is 0 Å². The van der Waals surface area contributed by atoms with Crippen LogP contribution >= 0.6 is 11.8 Å². The Morgan fingerprint density at radius 1 is 1.17 bits per heavy atom. The molecule has 0 unspecified atom stereocenters. The molecule has 24 heavy (non-hydrogen) atoms. The molecule has 0 N–H and O–H groups in total. The van der Waals surface area contributed by atoms with Gasteiger partial charge in [-0.3, -0.25) is 4.90 Å². The third kappa shape index (κ3) is 4.61. The van der Waals surface area contributed by atoms with Crippen molar-refractivity contribution in [2.45, 2.75) is 44.0 Å². The van der Waals surface area contributed by atoms with Crippen molar-refractivity contribution in [3.63, 3.8) is 0 Å². The fourth-order valence-electron chi connectivity index (χ4n) is 3.72. The highest BCUT2D eigenvalue weighted by Crippen LogP contribution is 2.32. The summed E-state index contributed by atoms with van der Waals surface area (Å²) >= 11 is 2.12. The van der Waals surface area contributed by atoms with Gasteiger partial charge in [0.25, 0.3) is 0 Å². The molecule has 5 nitrogen and oxygen atoms in total. The van der Waals surface area contributed by atoms with Crippen molar-refractivity contribution in [3.8, 4) is 0 Å². The summed E-state index contributed by atoms with van der Waals surface area (Å²) in [6.07, 6.45) is 8.06. The molecule has 1 saturated carbocycles. The molecule has 1 aliphatic carbocycles. The highest BCUT2D eigenvalue weighted by Gasteiger charge is 2.27. The Labute approximate surface area is 150 Å². The Hall–Kier alpha value is -0.850. The molecule has 2 heterocycles. The van der Waals surface area contributed by atoms with E-state index in [4.69, 9.17) is 0 Å². The van der Waals surface area contributed by atoms with E-state index in [1.165, 1.54) is 30.6 Å². The molecule has 1 aromatic heterocycles. The standard InChI is InChI=1S/C18H31N5S/c1-4-24-17-6-5-16(11-17)22(3)14-15-12-19-18(20-13-15)23-9-7-21(2)8-10-23/h12-13,16-17H,4-11,14H2,1-3H3/t16-,17+/m1/s1. The maximum absolute atomic E-state index is 4.62. The van der Waals surface area contributed by atoms with Gasteiger partial charge in [0.1, 0.15) is 0 Å². The Morgan fingerprint density at radius 2 is 1.88 bits per heavy atom. The van der Waals surface area contributed by atoms with E-state index in [0.717, 1.165) is 43.9 Å². The van der Waals surface area contributed by atoms with Crippen molar-refractivity contribution >= 4 is 17.7 Å². The molecule has 134 valence electrons. The number of anilines is 1. The van der Waals surface area contributed by atoms with Crippen LogP contribution in [0.1, 0.15) is 31.7 Å². The normalized spacial score (nSPS) is 25.6. The molecule has 0 amide bonds. The molecule has 0 bridgehead atoms. The highest BCUT2D eigenvalue weighted by atomic mass is 32.2. The monoisotopic (exact) mass is 349 g/mol. The number of hydrogen-bond donors (Lipinski definition) is 0.